The summed E-state index contributed by atoms with van der Waals surface area (Å²) >= 11 is 0.967. The number of benzene rings is 2. The summed E-state index contributed by atoms with van der Waals surface area (Å²) in [5.74, 6) is 0. The topological polar surface area (TPSA) is 72.0 Å². The van der Waals surface area contributed by atoms with E-state index in [0.29, 0.717) is 5.69 Å². The summed E-state index contributed by atoms with van der Waals surface area (Å²) in [7, 11) is -3.74. The molecule has 0 aliphatic heterocycles. The molecule has 0 saturated heterocycles. The Labute approximate surface area is 193 Å². The van der Waals surface area contributed by atoms with Crippen LogP contribution in [0, 0.1) is 0 Å². The van der Waals surface area contributed by atoms with Gasteiger partial charge in [0.2, 0.25) is 0 Å². The molecule has 0 fully saturated rings. The molecule has 7 heteroatoms. The van der Waals surface area contributed by atoms with Gasteiger partial charge < -0.3 is 0 Å². The van der Waals surface area contributed by atoms with Crippen LogP contribution in [0.4, 0.5) is 5.69 Å². The summed E-state index contributed by atoms with van der Waals surface area (Å²) in [4.78, 5) is 8.67. The van der Waals surface area contributed by atoms with Crippen molar-refractivity contribution in [3.05, 3.63) is 113 Å². The van der Waals surface area contributed by atoms with Crippen LogP contribution in [-0.2, 0) is 16.4 Å². The summed E-state index contributed by atoms with van der Waals surface area (Å²) < 4.78 is 27.6. The van der Waals surface area contributed by atoms with Crippen LogP contribution in [0.15, 0.2) is 102 Å². The number of nitrogens with zero attached hydrogens (tertiary/aromatic N) is 2. The smallest absolute Gasteiger partial charge is 0.267 e. The highest BCUT2D eigenvalue weighted by Crippen LogP contribution is 2.32. The molecular weight excluding hydrogens is 438 g/mol. The van der Waals surface area contributed by atoms with Crippen molar-refractivity contribution in [2.24, 2.45) is 0 Å². The molecule has 5 nitrogen and oxygen atoms in total. The monoisotopic (exact) mass is 461 g/mol. The maximum Gasteiger partial charge on any atom is 0.267 e. The van der Waals surface area contributed by atoms with Crippen LogP contribution in [0.2, 0.25) is 0 Å². The van der Waals surface area contributed by atoms with E-state index < -0.39 is 10.0 Å². The molecule has 4 rings (SSSR count). The Morgan fingerprint density at radius 2 is 1.84 bits per heavy atom. The quantitative estimate of drug-likeness (QED) is 0.337. The van der Waals surface area contributed by atoms with Gasteiger partial charge in [0.05, 0.1) is 5.52 Å². The van der Waals surface area contributed by atoms with Gasteiger partial charge in [0.15, 0.2) is 0 Å². The largest absolute Gasteiger partial charge is 0.279 e. The van der Waals surface area contributed by atoms with Crippen molar-refractivity contribution in [3.8, 4) is 11.1 Å². The average molecular weight is 462 g/mol. The predicted octanol–water partition coefficient (Wildman–Crippen LogP) is 6.22. The molecular formula is C25H23N3O2S2. The zero-order chi connectivity index (χ0) is 22.6. The molecule has 0 aliphatic carbocycles. The number of nitrogens with one attached hydrogen (secondary N) is 1. The highest BCUT2D eigenvalue weighted by Gasteiger charge is 2.16. The van der Waals surface area contributed by atoms with Crippen LogP contribution in [0.1, 0.15) is 12.6 Å². The zero-order valence-corrected chi connectivity index (χ0v) is 18.9. The van der Waals surface area contributed by atoms with E-state index in [4.69, 9.17) is 0 Å². The summed E-state index contributed by atoms with van der Waals surface area (Å²) in [6.45, 7) is 7.15. The lowest BCUT2D eigenvalue weighted by atomic mass is 9.96. The van der Waals surface area contributed by atoms with Crippen molar-refractivity contribution in [2.45, 2.75) is 6.42 Å². The molecule has 4 aromatic rings. The number of sulfonamides is 1. The van der Waals surface area contributed by atoms with Gasteiger partial charge in [-0.2, -0.15) is 0 Å². The number of hydrogen-bond donors (Lipinski definition) is 1. The maximum atomic E-state index is 12.5. The van der Waals surface area contributed by atoms with E-state index in [0.717, 1.165) is 51.3 Å². The highest BCUT2D eigenvalue weighted by atomic mass is 32.3. The maximum absolute atomic E-state index is 12.5. The molecule has 0 saturated carbocycles. The van der Waals surface area contributed by atoms with Gasteiger partial charge in [0.25, 0.3) is 10.0 Å². The van der Waals surface area contributed by atoms with E-state index >= 15 is 0 Å². The third-order valence-electron chi connectivity index (χ3n) is 4.86. The number of hydrogen-bond acceptors (Lipinski definition) is 5. The first-order valence-electron chi connectivity index (χ1n) is 9.82. The fraction of sp³-hybridized carbons (Fsp3) is 0.0400. The van der Waals surface area contributed by atoms with Crippen LogP contribution in [-0.4, -0.2) is 18.4 Å². The van der Waals surface area contributed by atoms with E-state index in [9.17, 15) is 8.42 Å². The van der Waals surface area contributed by atoms with E-state index in [1.807, 2.05) is 42.5 Å². The Kier molecular flexibility index (Phi) is 6.39. The Morgan fingerprint density at radius 1 is 1.03 bits per heavy atom. The van der Waals surface area contributed by atoms with Gasteiger partial charge in [-0.3, -0.25) is 14.7 Å². The van der Waals surface area contributed by atoms with Crippen molar-refractivity contribution >= 4 is 38.4 Å². The zero-order valence-electron chi connectivity index (χ0n) is 17.2. The van der Waals surface area contributed by atoms with Crippen molar-refractivity contribution < 1.29 is 9.84 Å². The number of anilines is 1. The molecule has 2 aromatic carbocycles. The Hall–Kier alpha value is -3.42. The van der Waals surface area contributed by atoms with Gasteiger partial charge in [0, 0.05) is 36.7 Å². The lowest BCUT2D eigenvalue weighted by Gasteiger charge is -2.13. The van der Waals surface area contributed by atoms with Crippen LogP contribution in [0.25, 0.3) is 22.0 Å². The minimum Gasteiger partial charge on any atom is -0.279 e. The second kappa shape index (κ2) is 9.38. The Balaban J connectivity index is 0.00000306. The average Bonchev–Trinajstić information content (AvgIpc) is 2.79. The predicted molar refractivity (Wildman–Crippen MR) is 136 cm³/mol. The fourth-order valence-corrected chi connectivity index (χ4v) is 5.00. The summed E-state index contributed by atoms with van der Waals surface area (Å²) in [5, 5.41) is 2.46. The lowest BCUT2D eigenvalue weighted by Crippen LogP contribution is -2.12. The second-order valence-corrected chi connectivity index (χ2v) is 10.1. The molecule has 32 heavy (non-hydrogen) atoms. The van der Waals surface area contributed by atoms with Gasteiger partial charge >= 0.3 is 0 Å². The fourth-order valence-electron chi connectivity index (χ4n) is 3.43. The molecule has 0 bridgehead atoms. The normalized spacial score (nSPS) is 11.2. The molecule has 162 valence electrons. The number of aromatic nitrogens is 2. The highest BCUT2D eigenvalue weighted by molar-refractivity contribution is 8.20. The van der Waals surface area contributed by atoms with Crippen LogP contribution < -0.4 is 4.72 Å². The minimum absolute atomic E-state index is 0. The molecule has 0 unspecified atom stereocenters. The van der Waals surface area contributed by atoms with E-state index in [-0.39, 0.29) is 5.66 Å². The van der Waals surface area contributed by atoms with Gasteiger partial charge in [-0.05, 0) is 71.0 Å². The molecule has 1 N–H and O–H groups in total. The molecule has 0 aliphatic rings. The Bertz CT molecular complexity index is 1410. The van der Waals surface area contributed by atoms with Gasteiger partial charge in [0.1, 0.15) is 4.24 Å². The number of pyridine rings is 2. The van der Waals surface area contributed by atoms with Crippen molar-refractivity contribution in [3.63, 3.8) is 0 Å². The number of rotatable bonds is 8. The van der Waals surface area contributed by atoms with Crippen molar-refractivity contribution in [1.82, 2.24) is 9.97 Å². The van der Waals surface area contributed by atoms with Crippen LogP contribution in [0.5, 0.6) is 0 Å². The molecule has 0 radical (unpaired) electrons. The molecule has 0 amide bonds. The van der Waals surface area contributed by atoms with E-state index in [2.05, 4.69) is 40.0 Å². The lowest BCUT2D eigenvalue weighted by molar-refractivity contribution is 0.609. The van der Waals surface area contributed by atoms with Gasteiger partial charge in [-0.1, -0.05) is 43.1 Å². The SMILES string of the molecule is C=CSC(=C)S(=O)(=O)Nc1cccc(-c2cc(Cc3ccncc3)cc3cccnc23)c1.[HH]. The Morgan fingerprint density at radius 3 is 2.62 bits per heavy atom. The summed E-state index contributed by atoms with van der Waals surface area (Å²) in [5.41, 5.74) is 5.41. The van der Waals surface area contributed by atoms with Crippen molar-refractivity contribution in [2.75, 3.05) is 4.72 Å². The van der Waals surface area contributed by atoms with Crippen LogP contribution in [0.3, 0.4) is 0 Å². The third-order valence-corrected chi connectivity index (χ3v) is 7.34. The molecule has 2 aromatic heterocycles. The van der Waals surface area contributed by atoms with Crippen LogP contribution >= 0.6 is 11.8 Å². The second-order valence-electron chi connectivity index (χ2n) is 7.09. The molecule has 0 atom stereocenters. The van der Waals surface area contributed by atoms with Gasteiger partial charge in [-0.15, -0.1) is 0 Å². The standard InChI is InChI=1S/C25H21N3O2S2.H2/c1-3-31-18(2)32(29,30)28-23-8-4-6-21(17-23)24-16-20(14-19-9-12-26-13-10-19)15-22-7-5-11-27-25(22)24;/h3-13,15-17,28H,1-2,14H2;1H. The minimum atomic E-state index is -3.74. The molecule has 2 heterocycles. The van der Waals surface area contributed by atoms with E-state index in [1.54, 1.807) is 24.7 Å². The third kappa shape index (κ3) is 4.90. The first-order valence-corrected chi connectivity index (χ1v) is 12.2. The number of thioether (sulfide) groups is 1. The number of fused-ring (bicyclic) bond motifs is 1. The first kappa shape index (κ1) is 21.8. The van der Waals surface area contributed by atoms with Crippen molar-refractivity contribution in [1.29, 1.82) is 0 Å². The van der Waals surface area contributed by atoms with Gasteiger partial charge in [-0.25, -0.2) is 8.42 Å². The molecule has 0 spiro atoms. The van der Waals surface area contributed by atoms with E-state index in [1.165, 1.54) is 5.41 Å². The summed E-state index contributed by atoms with van der Waals surface area (Å²) in [6, 6.07) is 19.5. The summed E-state index contributed by atoms with van der Waals surface area (Å²) in [6.07, 6.45) is 6.09. The first-order chi connectivity index (χ1) is 15.5.